The van der Waals surface area contributed by atoms with E-state index in [1.54, 1.807) is 0 Å². The molecule has 0 radical (unpaired) electrons. The van der Waals surface area contributed by atoms with Gasteiger partial charge in [-0.3, -0.25) is 9.80 Å². The average molecular weight is 268 g/mol. The van der Waals surface area contributed by atoms with E-state index in [0.29, 0.717) is 12.1 Å². The van der Waals surface area contributed by atoms with Crippen molar-refractivity contribution < 1.29 is 9.47 Å². The lowest BCUT2D eigenvalue weighted by atomic mass is 9.94. The molecule has 19 heavy (non-hydrogen) atoms. The van der Waals surface area contributed by atoms with Gasteiger partial charge in [0.2, 0.25) is 0 Å². The Balaban J connectivity index is 1.51. The van der Waals surface area contributed by atoms with E-state index in [4.69, 9.17) is 9.47 Å². The van der Waals surface area contributed by atoms with Crippen LogP contribution in [-0.2, 0) is 9.47 Å². The fourth-order valence-electron chi connectivity index (χ4n) is 3.83. The molecule has 3 aliphatic rings. The molecule has 3 heterocycles. The highest BCUT2D eigenvalue weighted by Crippen LogP contribution is 2.37. The Morgan fingerprint density at radius 1 is 1.26 bits per heavy atom. The smallest absolute Gasteiger partial charge is 0.0842 e. The van der Waals surface area contributed by atoms with Gasteiger partial charge in [0.15, 0.2) is 0 Å². The van der Waals surface area contributed by atoms with E-state index in [0.717, 1.165) is 39.5 Å². The molecule has 0 amide bonds. The number of ether oxygens (including phenoxy) is 2. The number of hydrogen-bond acceptors (Lipinski definition) is 4. The summed E-state index contributed by atoms with van der Waals surface area (Å²) in [5, 5.41) is 0. The number of likely N-dealkylation sites (tertiary alicyclic amines) is 1. The first-order valence-electron chi connectivity index (χ1n) is 7.92. The normalized spacial score (nSPS) is 38.5. The molecule has 0 N–H and O–H groups in total. The monoisotopic (exact) mass is 268 g/mol. The number of hydrogen-bond donors (Lipinski definition) is 0. The van der Waals surface area contributed by atoms with Gasteiger partial charge in [0.25, 0.3) is 0 Å². The van der Waals surface area contributed by atoms with Crippen LogP contribution in [-0.4, -0.2) is 73.5 Å². The SMILES string of the molecule is CCN1CCOCC1CC(C)N1CCC2(CCO2)C1. The van der Waals surface area contributed by atoms with Crippen LogP contribution in [0.2, 0.25) is 0 Å². The maximum absolute atomic E-state index is 5.82. The summed E-state index contributed by atoms with van der Waals surface area (Å²) in [6.45, 7) is 12.0. The zero-order valence-electron chi connectivity index (χ0n) is 12.4. The van der Waals surface area contributed by atoms with Crippen molar-refractivity contribution in [2.45, 2.75) is 50.8 Å². The van der Waals surface area contributed by atoms with E-state index < -0.39 is 0 Å². The van der Waals surface area contributed by atoms with Crippen molar-refractivity contribution >= 4 is 0 Å². The fourth-order valence-corrected chi connectivity index (χ4v) is 3.83. The quantitative estimate of drug-likeness (QED) is 0.768. The minimum absolute atomic E-state index is 0.238. The van der Waals surface area contributed by atoms with E-state index in [-0.39, 0.29) is 5.60 Å². The molecule has 4 nitrogen and oxygen atoms in total. The molecule has 3 saturated heterocycles. The van der Waals surface area contributed by atoms with Gasteiger partial charge in [-0.15, -0.1) is 0 Å². The molecule has 0 aromatic heterocycles. The predicted molar refractivity (Wildman–Crippen MR) is 75.4 cm³/mol. The van der Waals surface area contributed by atoms with Crippen LogP contribution in [0.1, 0.15) is 33.1 Å². The second-order valence-corrected chi connectivity index (χ2v) is 6.44. The van der Waals surface area contributed by atoms with Crippen LogP contribution in [0, 0.1) is 0 Å². The van der Waals surface area contributed by atoms with Gasteiger partial charge < -0.3 is 9.47 Å². The van der Waals surface area contributed by atoms with Crippen molar-refractivity contribution in [3.8, 4) is 0 Å². The number of nitrogens with zero attached hydrogens (tertiary/aromatic N) is 2. The van der Waals surface area contributed by atoms with Crippen LogP contribution in [0.5, 0.6) is 0 Å². The van der Waals surface area contributed by atoms with Gasteiger partial charge >= 0.3 is 0 Å². The van der Waals surface area contributed by atoms with Gasteiger partial charge in [-0.25, -0.2) is 0 Å². The topological polar surface area (TPSA) is 24.9 Å². The minimum Gasteiger partial charge on any atom is -0.378 e. The van der Waals surface area contributed by atoms with Crippen LogP contribution < -0.4 is 0 Å². The number of morpholine rings is 1. The molecule has 0 aliphatic carbocycles. The Hall–Kier alpha value is -0.160. The minimum atomic E-state index is 0.238. The molecule has 0 bridgehead atoms. The summed E-state index contributed by atoms with van der Waals surface area (Å²) in [6, 6.07) is 1.25. The molecule has 3 fully saturated rings. The maximum Gasteiger partial charge on any atom is 0.0842 e. The van der Waals surface area contributed by atoms with Crippen LogP contribution in [0.3, 0.4) is 0 Å². The van der Waals surface area contributed by atoms with Gasteiger partial charge in [0.1, 0.15) is 0 Å². The zero-order valence-corrected chi connectivity index (χ0v) is 12.4. The Kier molecular flexibility index (Phi) is 4.13. The first-order chi connectivity index (χ1) is 9.22. The highest BCUT2D eigenvalue weighted by Gasteiger charge is 2.45. The summed E-state index contributed by atoms with van der Waals surface area (Å²) in [6.07, 6.45) is 3.73. The van der Waals surface area contributed by atoms with E-state index in [2.05, 4.69) is 23.6 Å². The predicted octanol–water partition coefficient (Wildman–Crippen LogP) is 1.35. The molecule has 0 saturated carbocycles. The third-order valence-corrected chi connectivity index (χ3v) is 5.30. The summed E-state index contributed by atoms with van der Waals surface area (Å²) < 4.78 is 11.5. The first-order valence-corrected chi connectivity index (χ1v) is 7.92. The van der Waals surface area contributed by atoms with Crippen LogP contribution in [0.15, 0.2) is 0 Å². The second kappa shape index (κ2) is 5.68. The fraction of sp³-hybridized carbons (Fsp3) is 1.00. The number of likely N-dealkylation sites (N-methyl/N-ethyl adjacent to an activating group) is 1. The molecule has 3 rings (SSSR count). The van der Waals surface area contributed by atoms with Crippen molar-refractivity contribution in [3.63, 3.8) is 0 Å². The van der Waals surface area contributed by atoms with Crippen molar-refractivity contribution in [1.29, 1.82) is 0 Å². The van der Waals surface area contributed by atoms with Crippen molar-refractivity contribution in [3.05, 3.63) is 0 Å². The van der Waals surface area contributed by atoms with E-state index in [1.165, 1.54) is 25.8 Å². The molecular formula is C15H28N2O2. The van der Waals surface area contributed by atoms with Crippen LogP contribution >= 0.6 is 0 Å². The molecule has 110 valence electrons. The molecule has 3 atom stereocenters. The summed E-state index contributed by atoms with van der Waals surface area (Å²) in [4.78, 5) is 5.20. The van der Waals surface area contributed by atoms with Crippen LogP contribution in [0.4, 0.5) is 0 Å². The maximum atomic E-state index is 5.82. The molecule has 0 aromatic carbocycles. The Morgan fingerprint density at radius 3 is 2.74 bits per heavy atom. The molecule has 4 heteroatoms. The van der Waals surface area contributed by atoms with Crippen molar-refractivity contribution in [2.24, 2.45) is 0 Å². The third-order valence-electron chi connectivity index (χ3n) is 5.30. The summed E-state index contributed by atoms with van der Waals surface area (Å²) in [7, 11) is 0. The van der Waals surface area contributed by atoms with Gasteiger partial charge in [0, 0.05) is 38.1 Å². The lowest BCUT2D eigenvalue weighted by Crippen LogP contribution is -2.50. The molecule has 1 spiro atoms. The zero-order chi connectivity index (χ0) is 13.3. The summed E-state index contributed by atoms with van der Waals surface area (Å²) in [5.41, 5.74) is 0.238. The highest BCUT2D eigenvalue weighted by atomic mass is 16.5. The summed E-state index contributed by atoms with van der Waals surface area (Å²) in [5.74, 6) is 0. The van der Waals surface area contributed by atoms with E-state index in [9.17, 15) is 0 Å². The van der Waals surface area contributed by atoms with E-state index >= 15 is 0 Å². The highest BCUT2D eigenvalue weighted by molar-refractivity contribution is 4.98. The van der Waals surface area contributed by atoms with Gasteiger partial charge in [-0.05, 0) is 26.3 Å². The van der Waals surface area contributed by atoms with Crippen LogP contribution in [0.25, 0.3) is 0 Å². The van der Waals surface area contributed by atoms with Gasteiger partial charge in [0.05, 0.1) is 25.4 Å². The average Bonchev–Trinajstić information content (AvgIpc) is 2.85. The lowest BCUT2D eigenvalue weighted by molar-refractivity contribution is -0.138. The standard InChI is InChI=1S/C15H28N2O2/c1-3-16-7-9-18-11-14(16)10-13(2)17-6-4-15(12-17)5-8-19-15/h13-14H,3-12H2,1-2H3. The van der Waals surface area contributed by atoms with E-state index in [1.807, 2.05) is 0 Å². The molecule has 3 unspecified atom stereocenters. The Labute approximate surface area is 117 Å². The first kappa shape index (κ1) is 13.8. The van der Waals surface area contributed by atoms with Gasteiger partial charge in [-0.2, -0.15) is 0 Å². The Bertz CT molecular complexity index is 307. The van der Waals surface area contributed by atoms with Crippen molar-refractivity contribution in [2.75, 3.05) is 46.0 Å². The molecule has 0 aromatic rings. The second-order valence-electron chi connectivity index (χ2n) is 6.44. The largest absolute Gasteiger partial charge is 0.378 e. The van der Waals surface area contributed by atoms with Crippen molar-refractivity contribution in [1.82, 2.24) is 9.80 Å². The lowest BCUT2D eigenvalue weighted by Gasteiger charge is -2.40. The molecular weight excluding hydrogens is 240 g/mol. The Morgan fingerprint density at radius 2 is 2.11 bits per heavy atom. The molecule has 3 aliphatic heterocycles. The number of rotatable bonds is 4. The van der Waals surface area contributed by atoms with Gasteiger partial charge in [-0.1, -0.05) is 6.92 Å². The summed E-state index contributed by atoms with van der Waals surface area (Å²) >= 11 is 0. The third kappa shape index (κ3) is 2.82.